The highest BCUT2D eigenvalue weighted by molar-refractivity contribution is 5.48. The Labute approximate surface area is 113 Å². The van der Waals surface area contributed by atoms with Gasteiger partial charge in [0.2, 0.25) is 0 Å². The van der Waals surface area contributed by atoms with Crippen molar-refractivity contribution in [2.45, 2.75) is 33.0 Å². The molecule has 0 radical (unpaired) electrons. The molecular weight excluding hydrogens is 240 g/mol. The van der Waals surface area contributed by atoms with Crippen LogP contribution >= 0.6 is 0 Å². The highest BCUT2D eigenvalue weighted by Gasteiger charge is 2.14. The molecule has 0 spiro atoms. The Morgan fingerprint density at radius 2 is 1.95 bits per heavy atom. The van der Waals surface area contributed by atoms with Gasteiger partial charge in [-0.1, -0.05) is 12.1 Å². The van der Waals surface area contributed by atoms with Crippen LogP contribution in [0.25, 0.3) is 0 Å². The van der Waals surface area contributed by atoms with Crippen LogP contribution in [-0.2, 0) is 20.1 Å². The molecule has 1 heterocycles. The van der Waals surface area contributed by atoms with Crippen LogP contribution in [0.1, 0.15) is 25.2 Å². The van der Waals surface area contributed by atoms with Crippen molar-refractivity contribution in [2.24, 2.45) is 12.8 Å². The van der Waals surface area contributed by atoms with E-state index in [0.717, 1.165) is 17.1 Å². The lowest BCUT2D eigenvalue weighted by molar-refractivity contribution is 0.621. The van der Waals surface area contributed by atoms with Crippen molar-refractivity contribution >= 4 is 5.69 Å². The standard InChI is InChI=1S/C13H20N6/c1-10(2)19(9-13-15-17-18(3)16-13)12-6-4-11(8-14)5-7-12/h4-7,10H,8-9,14H2,1-3H3. The predicted molar refractivity (Wildman–Crippen MR) is 74.5 cm³/mol. The number of rotatable bonds is 5. The van der Waals surface area contributed by atoms with E-state index >= 15 is 0 Å². The van der Waals surface area contributed by atoms with Gasteiger partial charge in [0, 0.05) is 18.3 Å². The number of nitrogens with two attached hydrogens (primary N) is 1. The summed E-state index contributed by atoms with van der Waals surface area (Å²) in [6.45, 7) is 5.50. The van der Waals surface area contributed by atoms with Crippen LogP contribution in [0, 0.1) is 0 Å². The topological polar surface area (TPSA) is 72.9 Å². The molecule has 0 aliphatic carbocycles. The highest BCUT2D eigenvalue weighted by atomic mass is 15.6. The molecule has 19 heavy (non-hydrogen) atoms. The van der Waals surface area contributed by atoms with Crippen molar-refractivity contribution < 1.29 is 0 Å². The number of aromatic nitrogens is 4. The molecule has 0 amide bonds. The van der Waals surface area contributed by atoms with Crippen LogP contribution in [0.5, 0.6) is 0 Å². The summed E-state index contributed by atoms with van der Waals surface area (Å²) in [5, 5.41) is 12.1. The minimum atomic E-state index is 0.354. The van der Waals surface area contributed by atoms with E-state index < -0.39 is 0 Å². The van der Waals surface area contributed by atoms with Crippen molar-refractivity contribution in [1.82, 2.24) is 20.2 Å². The molecule has 0 aliphatic heterocycles. The maximum Gasteiger partial charge on any atom is 0.193 e. The van der Waals surface area contributed by atoms with Gasteiger partial charge in [-0.15, -0.1) is 10.2 Å². The molecule has 0 atom stereocenters. The van der Waals surface area contributed by atoms with Crippen LogP contribution in [0.2, 0.25) is 0 Å². The van der Waals surface area contributed by atoms with Crippen molar-refractivity contribution in [2.75, 3.05) is 4.90 Å². The van der Waals surface area contributed by atoms with Crippen LogP contribution in [-0.4, -0.2) is 26.2 Å². The Kier molecular flexibility index (Phi) is 4.11. The Balaban J connectivity index is 2.19. The van der Waals surface area contributed by atoms with E-state index in [0.29, 0.717) is 19.1 Å². The maximum atomic E-state index is 5.62. The summed E-state index contributed by atoms with van der Waals surface area (Å²) in [4.78, 5) is 3.71. The molecule has 6 heteroatoms. The predicted octanol–water partition coefficient (Wildman–Crippen LogP) is 1.08. The number of hydrogen-bond acceptors (Lipinski definition) is 5. The number of tetrazole rings is 1. The summed E-state index contributed by atoms with van der Waals surface area (Å²) in [5.74, 6) is 0.721. The first kappa shape index (κ1) is 13.5. The quantitative estimate of drug-likeness (QED) is 0.871. The van der Waals surface area contributed by atoms with Gasteiger partial charge in [0.1, 0.15) is 0 Å². The summed E-state index contributed by atoms with van der Waals surface area (Å²) >= 11 is 0. The molecule has 6 nitrogen and oxygen atoms in total. The Hall–Kier alpha value is -1.95. The van der Waals surface area contributed by atoms with Crippen LogP contribution in [0.3, 0.4) is 0 Å². The molecule has 1 aromatic carbocycles. The lowest BCUT2D eigenvalue weighted by atomic mass is 10.1. The van der Waals surface area contributed by atoms with Crippen molar-refractivity contribution in [3.8, 4) is 0 Å². The fraction of sp³-hybridized carbons (Fsp3) is 0.462. The molecule has 0 bridgehead atoms. The second-order valence-corrected chi connectivity index (χ2v) is 4.79. The van der Waals surface area contributed by atoms with Gasteiger partial charge < -0.3 is 10.6 Å². The zero-order valence-electron chi connectivity index (χ0n) is 11.6. The normalized spacial score (nSPS) is 11.0. The average molecular weight is 260 g/mol. The number of nitrogens with zero attached hydrogens (tertiary/aromatic N) is 5. The smallest absolute Gasteiger partial charge is 0.193 e. The summed E-state index contributed by atoms with van der Waals surface area (Å²) in [6, 6.07) is 8.62. The minimum absolute atomic E-state index is 0.354. The SMILES string of the molecule is CC(C)N(Cc1nnn(C)n1)c1ccc(CN)cc1. The van der Waals surface area contributed by atoms with Gasteiger partial charge in [-0.3, -0.25) is 0 Å². The fourth-order valence-electron chi connectivity index (χ4n) is 1.93. The van der Waals surface area contributed by atoms with Gasteiger partial charge in [-0.2, -0.15) is 4.80 Å². The van der Waals surface area contributed by atoms with E-state index in [4.69, 9.17) is 5.73 Å². The fourth-order valence-corrected chi connectivity index (χ4v) is 1.93. The number of hydrogen-bond donors (Lipinski definition) is 1. The van der Waals surface area contributed by atoms with Crippen LogP contribution < -0.4 is 10.6 Å². The number of benzene rings is 1. The molecule has 0 unspecified atom stereocenters. The molecule has 0 fully saturated rings. The third-order valence-corrected chi connectivity index (χ3v) is 2.99. The first-order valence-corrected chi connectivity index (χ1v) is 6.38. The van der Waals surface area contributed by atoms with Gasteiger partial charge in [0.15, 0.2) is 5.82 Å². The third kappa shape index (κ3) is 3.29. The maximum absolute atomic E-state index is 5.62. The van der Waals surface area contributed by atoms with E-state index in [-0.39, 0.29) is 0 Å². The monoisotopic (exact) mass is 260 g/mol. The van der Waals surface area contributed by atoms with Gasteiger partial charge in [-0.05, 0) is 36.8 Å². The molecule has 2 N–H and O–H groups in total. The summed E-state index contributed by atoms with van der Waals surface area (Å²) in [5.41, 5.74) is 7.89. The average Bonchev–Trinajstić information content (AvgIpc) is 2.81. The lowest BCUT2D eigenvalue weighted by Crippen LogP contribution is -2.30. The van der Waals surface area contributed by atoms with Crippen molar-refractivity contribution in [3.63, 3.8) is 0 Å². The molecular formula is C13H20N6. The van der Waals surface area contributed by atoms with Crippen LogP contribution in [0.15, 0.2) is 24.3 Å². The molecule has 0 saturated carbocycles. The van der Waals surface area contributed by atoms with E-state index in [9.17, 15) is 0 Å². The molecule has 2 aromatic rings. The molecule has 0 aliphatic rings. The zero-order valence-corrected chi connectivity index (χ0v) is 11.6. The van der Waals surface area contributed by atoms with Gasteiger partial charge in [0.25, 0.3) is 0 Å². The molecule has 102 valence electrons. The molecule has 2 rings (SSSR count). The highest BCUT2D eigenvalue weighted by Crippen LogP contribution is 2.19. The Bertz CT molecular complexity index is 516. The van der Waals surface area contributed by atoms with E-state index in [2.05, 4.69) is 58.4 Å². The third-order valence-electron chi connectivity index (χ3n) is 2.99. The molecule has 0 saturated heterocycles. The Morgan fingerprint density at radius 3 is 2.42 bits per heavy atom. The van der Waals surface area contributed by atoms with Crippen molar-refractivity contribution in [3.05, 3.63) is 35.7 Å². The van der Waals surface area contributed by atoms with Crippen molar-refractivity contribution in [1.29, 1.82) is 0 Å². The first-order valence-electron chi connectivity index (χ1n) is 6.38. The second kappa shape index (κ2) is 5.79. The summed E-state index contributed by atoms with van der Waals surface area (Å²) < 4.78 is 0. The zero-order chi connectivity index (χ0) is 13.8. The van der Waals surface area contributed by atoms with Gasteiger partial charge in [-0.25, -0.2) is 0 Å². The number of aryl methyl sites for hydroxylation is 1. The summed E-state index contributed by atoms with van der Waals surface area (Å²) in [7, 11) is 1.77. The van der Waals surface area contributed by atoms with E-state index in [1.807, 2.05) is 0 Å². The van der Waals surface area contributed by atoms with Gasteiger partial charge in [0.05, 0.1) is 13.6 Å². The van der Waals surface area contributed by atoms with E-state index in [1.54, 1.807) is 7.05 Å². The number of anilines is 1. The summed E-state index contributed by atoms with van der Waals surface area (Å²) in [6.07, 6.45) is 0. The van der Waals surface area contributed by atoms with Gasteiger partial charge >= 0.3 is 0 Å². The molecule has 1 aromatic heterocycles. The Morgan fingerprint density at radius 1 is 1.26 bits per heavy atom. The second-order valence-electron chi connectivity index (χ2n) is 4.79. The minimum Gasteiger partial charge on any atom is -0.361 e. The largest absolute Gasteiger partial charge is 0.361 e. The lowest BCUT2D eigenvalue weighted by Gasteiger charge is -2.27. The van der Waals surface area contributed by atoms with E-state index in [1.165, 1.54) is 4.80 Å². The first-order chi connectivity index (χ1) is 9.10. The van der Waals surface area contributed by atoms with Crippen LogP contribution in [0.4, 0.5) is 5.69 Å².